The van der Waals surface area contributed by atoms with Gasteiger partial charge in [0, 0.05) is 11.1 Å². The fraction of sp³-hybridized carbons (Fsp3) is 0.174. The first kappa shape index (κ1) is 22.1. The summed E-state index contributed by atoms with van der Waals surface area (Å²) in [5.74, 6) is -2.11. The van der Waals surface area contributed by atoms with Crippen LogP contribution in [0.5, 0.6) is 5.75 Å². The Labute approximate surface area is 186 Å². The van der Waals surface area contributed by atoms with Crippen molar-refractivity contribution in [2.75, 3.05) is 7.11 Å². The summed E-state index contributed by atoms with van der Waals surface area (Å²) in [6.07, 6.45) is -3.87. The van der Waals surface area contributed by atoms with Gasteiger partial charge < -0.3 is 14.5 Å². The van der Waals surface area contributed by atoms with Crippen LogP contribution in [0.2, 0.25) is 0 Å². The molecule has 3 aromatic rings. The second-order valence-corrected chi connectivity index (χ2v) is 7.16. The number of aliphatic imine (C=N–C) groups is 1. The SMILES string of the molecule is COc1ccc(C(=O)N[C@]2(C(F)(F)F)N=C(c3ccccc3)N(Cc3ccco3)C2=O)cc1. The summed E-state index contributed by atoms with van der Waals surface area (Å²) in [6, 6.07) is 16.5. The maximum atomic E-state index is 14.4. The van der Waals surface area contributed by atoms with Crippen molar-refractivity contribution >= 4 is 17.6 Å². The highest BCUT2D eigenvalue weighted by molar-refractivity contribution is 6.16. The first-order chi connectivity index (χ1) is 15.7. The van der Waals surface area contributed by atoms with Crippen molar-refractivity contribution in [1.82, 2.24) is 10.2 Å². The van der Waals surface area contributed by atoms with Crippen LogP contribution >= 0.6 is 0 Å². The summed E-state index contributed by atoms with van der Waals surface area (Å²) in [5.41, 5.74) is -3.31. The van der Waals surface area contributed by atoms with E-state index in [4.69, 9.17) is 9.15 Å². The van der Waals surface area contributed by atoms with Crippen molar-refractivity contribution in [1.29, 1.82) is 0 Å². The summed E-state index contributed by atoms with van der Waals surface area (Å²) in [4.78, 5) is 30.7. The molecule has 2 aromatic carbocycles. The van der Waals surface area contributed by atoms with Crippen LogP contribution in [0.4, 0.5) is 13.2 Å². The zero-order chi connectivity index (χ0) is 23.6. The van der Waals surface area contributed by atoms with Gasteiger partial charge in [-0.25, -0.2) is 4.99 Å². The van der Waals surface area contributed by atoms with Gasteiger partial charge in [0.25, 0.3) is 11.8 Å². The molecule has 0 radical (unpaired) electrons. The van der Waals surface area contributed by atoms with E-state index in [1.165, 1.54) is 55.8 Å². The largest absolute Gasteiger partial charge is 0.497 e. The molecule has 170 valence electrons. The smallest absolute Gasteiger partial charge is 0.442 e. The van der Waals surface area contributed by atoms with E-state index < -0.39 is 23.7 Å². The molecule has 10 heteroatoms. The number of rotatable bonds is 6. The summed E-state index contributed by atoms with van der Waals surface area (Å²) >= 11 is 0. The summed E-state index contributed by atoms with van der Waals surface area (Å²) in [6.45, 7) is -0.296. The average Bonchev–Trinajstić information content (AvgIpc) is 3.42. The molecule has 0 fully saturated rings. The minimum atomic E-state index is -5.22. The highest BCUT2D eigenvalue weighted by Crippen LogP contribution is 2.39. The van der Waals surface area contributed by atoms with E-state index in [9.17, 15) is 22.8 Å². The number of alkyl halides is 3. The van der Waals surface area contributed by atoms with Gasteiger partial charge in [-0.3, -0.25) is 14.5 Å². The molecule has 2 heterocycles. The van der Waals surface area contributed by atoms with E-state index in [2.05, 4.69) is 4.99 Å². The molecule has 2 amide bonds. The lowest BCUT2D eigenvalue weighted by atomic mass is 10.1. The third kappa shape index (κ3) is 4.07. The van der Waals surface area contributed by atoms with Gasteiger partial charge in [0.15, 0.2) is 0 Å². The number of carbonyl (C=O) groups excluding carboxylic acids is 2. The number of ether oxygens (including phenoxy) is 1. The van der Waals surface area contributed by atoms with Gasteiger partial charge in [-0.05, 0) is 36.4 Å². The lowest BCUT2D eigenvalue weighted by Crippen LogP contribution is -2.63. The van der Waals surface area contributed by atoms with E-state index in [1.54, 1.807) is 24.3 Å². The minimum Gasteiger partial charge on any atom is -0.497 e. The highest BCUT2D eigenvalue weighted by atomic mass is 19.4. The van der Waals surface area contributed by atoms with E-state index in [-0.39, 0.29) is 29.3 Å². The van der Waals surface area contributed by atoms with Gasteiger partial charge in [0.2, 0.25) is 0 Å². The molecule has 1 atom stereocenters. The van der Waals surface area contributed by atoms with Crippen molar-refractivity contribution in [3.8, 4) is 5.75 Å². The summed E-state index contributed by atoms with van der Waals surface area (Å²) in [7, 11) is 1.42. The highest BCUT2D eigenvalue weighted by Gasteiger charge is 2.67. The standard InChI is InChI=1S/C23H18F3N3O4/c1-32-17-11-9-16(10-12-17)20(30)28-22(23(24,25)26)21(31)29(14-18-8-5-13-33-18)19(27-22)15-6-3-2-4-7-15/h2-13H,14H2,1H3,(H,28,30)/t22-/m1/s1. The lowest BCUT2D eigenvalue weighted by molar-refractivity contribution is -0.196. The number of hydrogen-bond acceptors (Lipinski definition) is 5. The van der Waals surface area contributed by atoms with Crippen molar-refractivity contribution in [3.63, 3.8) is 0 Å². The molecule has 7 nitrogen and oxygen atoms in total. The van der Waals surface area contributed by atoms with Gasteiger partial charge in [-0.2, -0.15) is 13.2 Å². The molecule has 0 aliphatic carbocycles. The fourth-order valence-electron chi connectivity index (χ4n) is 3.39. The first-order valence-corrected chi connectivity index (χ1v) is 9.78. The molecule has 1 N–H and O–H groups in total. The molecule has 1 aromatic heterocycles. The van der Waals surface area contributed by atoms with Crippen molar-refractivity contribution in [2.45, 2.75) is 18.4 Å². The number of carbonyl (C=O) groups is 2. The van der Waals surface area contributed by atoms with Gasteiger partial charge in [-0.15, -0.1) is 0 Å². The molecular weight excluding hydrogens is 439 g/mol. The van der Waals surface area contributed by atoms with Crippen LogP contribution in [0, 0.1) is 0 Å². The molecule has 0 saturated heterocycles. The van der Waals surface area contributed by atoms with Gasteiger partial charge in [0.1, 0.15) is 17.3 Å². The fourth-order valence-corrected chi connectivity index (χ4v) is 3.39. The number of benzene rings is 2. The van der Waals surface area contributed by atoms with E-state index >= 15 is 0 Å². The van der Waals surface area contributed by atoms with E-state index in [0.29, 0.717) is 5.75 Å². The number of nitrogens with one attached hydrogen (secondary N) is 1. The van der Waals surface area contributed by atoms with Crippen LogP contribution in [-0.4, -0.2) is 41.5 Å². The number of amidine groups is 1. The van der Waals surface area contributed by atoms with Crippen LogP contribution in [0.15, 0.2) is 82.4 Å². The summed E-state index contributed by atoms with van der Waals surface area (Å²) < 4.78 is 53.4. The molecule has 0 bridgehead atoms. The van der Waals surface area contributed by atoms with E-state index in [0.717, 1.165) is 4.90 Å². The van der Waals surface area contributed by atoms with Crippen LogP contribution in [-0.2, 0) is 11.3 Å². The van der Waals surface area contributed by atoms with Crippen LogP contribution in [0.1, 0.15) is 21.7 Å². The van der Waals surface area contributed by atoms with E-state index in [1.807, 2.05) is 5.32 Å². The Kier molecular flexibility index (Phi) is 5.67. The van der Waals surface area contributed by atoms with Crippen molar-refractivity contribution < 1.29 is 31.9 Å². The molecule has 1 aliphatic heterocycles. The maximum absolute atomic E-state index is 14.4. The van der Waals surface area contributed by atoms with Gasteiger partial charge >= 0.3 is 11.8 Å². The molecule has 0 unspecified atom stereocenters. The number of methoxy groups -OCH3 is 1. The lowest BCUT2D eigenvalue weighted by Gasteiger charge is -2.29. The zero-order valence-electron chi connectivity index (χ0n) is 17.3. The number of amides is 2. The quantitative estimate of drug-likeness (QED) is 0.611. The maximum Gasteiger partial charge on any atom is 0.442 e. The zero-order valence-corrected chi connectivity index (χ0v) is 17.3. The summed E-state index contributed by atoms with van der Waals surface area (Å²) in [5, 5.41) is 1.83. The van der Waals surface area contributed by atoms with Crippen LogP contribution < -0.4 is 10.1 Å². The molecular formula is C23H18F3N3O4. The van der Waals surface area contributed by atoms with Gasteiger partial charge in [-0.1, -0.05) is 30.3 Å². The normalized spacial score (nSPS) is 18.2. The topological polar surface area (TPSA) is 84.1 Å². The molecule has 4 rings (SSSR count). The third-order valence-corrected chi connectivity index (χ3v) is 5.07. The second kappa shape index (κ2) is 8.45. The van der Waals surface area contributed by atoms with Gasteiger partial charge in [0.05, 0.1) is 19.9 Å². The molecule has 33 heavy (non-hydrogen) atoms. The van der Waals surface area contributed by atoms with Crippen molar-refractivity contribution in [3.05, 3.63) is 89.9 Å². The average molecular weight is 457 g/mol. The molecule has 1 aliphatic rings. The predicted molar refractivity (Wildman–Crippen MR) is 111 cm³/mol. The Balaban J connectivity index is 1.77. The first-order valence-electron chi connectivity index (χ1n) is 9.78. The predicted octanol–water partition coefficient (Wildman–Crippen LogP) is 3.77. The molecule has 0 spiro atoms. The minimum absolute atomic E-state index is 0.0897. The third-order valence-electron chi connectivity index (χ3n) is 5.07. The monoisotopic (exact) mass is 457 g/mol. The number of furan rings is 1. The van der Waals surface area contributed by atoms with Crippen LogP contribution in [0.3, 0.4) is 0 Å². The Morgan fingerprint density at radius 1 is 1.09 bits per heavy atom. The number of hydrogen-bond donors (Lipinski definition) is 1. The van der Waals surface area contributed by atoms with Crippen LogP contribution in [0.25, 0.3) is 0 Å². The Morgan fingerprint density at radius 2 is 1.79 bits per heavy atom. The van der Waals surface area contributed by atoms with Crippen molar-refractivity contribution in [2.24, 2.45) is 4.99 Å². The second-order valence-electron chi connectivity index (χ2n) is 7.16. The molecule has 0 saturated carbocycles. The Morgan fingerprint density at radius 3 is 2.36 bits per heavy atom. The Bertz CT molecular complexity index is 1180. The number of halogens is 3. The Hall–Kier alpha value is -4.08. The number of nitrogens with zero attached hydrogens (tertiary/aromatic N) is 2.